The Labute approximate surface area is 191 Å². The van der Waals surface area contributed by atoms with Crippen molar-refractivity contribution in [3.8, 4) is 5.75 Å². The molecule has 0 spiro atoms. The molecule has 0 saturated heterocycles. The highest BCUT2D eigenvalue weighted by molar-refractivity contribution is 7.92. The number of anilines is 2. The summed E-state index contributed by atoms with van der Waals surface area (Å²) in [6.07, 6.45) is -3.56. The van der Waals surface area contributed by atoms with Crippen molar-refractivity contribution in [3.63, 3.8) is 0 Å². The summed E-state index contributed by atoms with van der Waals surface area (Å²) in [5.74, 6) is -0.165. The van der Waals surface area contributed by atoms with Crippen molar-refractivity contribution >= 4 is 38.9 Å². The predicted molar refractivity (Wildman–Crippen MR) is 115 cm³/mol. The van der Waals surface area contributed by atoms with Gasteiger partial charge in [0.15, 0.2) is 5.69 Å². The number of sulfonamides is 1. The summed E-state index contributed by atoms with van der Waals surface area (Å²) in [4.78, 5) is 18.0. The van der Waals surface area contributed by atoms with Crippen molar-refractivity contribution in [2.24, 2.45) is 0 Å². The number of hydrogen-bond acceptors (Lipinski definition) is 5. The van der Waals surface area contributed by atoms with Crippen LogP contribution in [0.15, 0.2) is 65.7 Å². The normalized spacial score (nSPS) is 13.8. The molecule has 1 amide bonds. The van der Waals surface area contributed by atoms with Crippen molar-refractivity contribution in [1.82, 2.24) is 4.98 Å². The summed E-state index contributed by atoms with van der Waals surface area (Å²) in [5.41, 5.74) is -1.20. The number of nitrogens with zero attached hydrogens (tertiary/aromatic N) is 2. The van der Waals surface area contributed by atoms with Gasteiger partial charge in [0.05, 0.1) is 33.4 Å². The molecule has 3 aromatic rings. The van der Waals surface area contributed by atoms with Gasteiger partial charge in [0.2, 0.25) is 0 Å². The first-order chi connectivity index (χ1) is 15.6. The Morgan fingerprint density at radius 1 is 1.12 bits per heavy atom. The minimum Gasteiger partial charge on any atom is -0.490 e. The van der Waals surface area contributed by atoms with E-state index in [4.69, 9.17) is 16.3 Å². The second kappa shape index (κ2) is 8.56. The number of fused-ring (bicyclic) bond motifs is 1. The summed E-state index contributed by atoms with van der Waals surface area (Å²) in [6, 6.07) is 11.2. The van der Waals surface area contributed by atoms with E-state index in [2.05, 4.69) is 9.71 Å². The Morgan fingerprint density at radius 2 is 1.88 bits per heavy atom. The van der Waals surface area contributed by atoms with E-state index >= 15 is 0 Å². The van der Waals surface area contributed by atoms with Gasteiger partial charge in [0.1, 0.15) is 12.4 Å². The second-order valence-corrected chi connectivity index (χ2v) is 9.07. The maximum absolute atomic E-state index is 13.3. The molecule has 33 heavy (non-hydrogen) atoms. The van der Waals surface area contributed by atoms with E-state index in [0.717, 1.165) is 18.2 Å². The van der Waals surface area contributed by atoms with E-state index in [0.29, 0.717) is 17.5 Å². The van der Waals surface area contributed by atoms with Crippen LogP contribution in [0.2, 0.25) is 5.02 Å². The monoisotopic (exact) mass is 497 g/mol. The third kappa shape index (κ3) is 4.74. The zero-order valence-corrected chi connectivity index (χ0v) is 18.2. The van der Waals surface area contributed by atoms with Crippen LogP contribution in [0.5, 0.6) is 5.75 Å². The Bertz CT molecular complexity index is 1330. The predicted octanol–water partition coefficient (Wildman–Crippen LogP) is 4.59. The molecule has 0 atom stereocenters. The average molecular weight is 498 g/mol. The molecule has 0 bridgehead atoms. The van der Waals surface area contributed by atoms with Crippen LogP contribution < -0.4 is 14.4 Å². The third-order valence-corrected chi connectivity index (χ3v) is 6.32. The van der Waals surface area contributed by atoms with Crippen molar-refractivity contribution in [3.05, 3.63) is 77.1 Å². The molecular weight excluding hydrogens is 483 g/mol. The van der Waals surface area contributed by atoms with E-state index < -0.39 is 32.6 Å². The molecular formula is C21H15ClF3N3O4S. The standard InChI is InChI=1S/C21H15ClF3N3O4S/c22-14-11-16(27-33(30,31)15-5-3-4-13(10-15)21(23,24)25)19(26-12-14)20(29)28-8-9-32-18-7-2-1-6-17(18)28/h1-7,10-12,27H,8-9H2. The van der Waals surface area contributed by atoms with Crippen LogP contribution in [0.25, 0.3) is 0 Å². The minimum atomic E-state index is -4.73. The number of rotatable bonds is 4. The topological polar surface area (TPSA) is 88.6 Å². The molecule has 1 N–H and O–H groups in total. The Hall–Kier alpha value is -3.31. The highest BCUT2D eigenvalue weighted by atomic mass is 35.5. The number of aromatic nitrogens is 1. The molecule has 0 radical (unpaired) electrons. The van der Waals surface area contributed by atoms with Gasteiger partial charge in [-0.1, -0.05) is 29.8 Å². The Balaban J connectivity index is 1.71. The van der Waals surface area contributed by atoms with Gasteiger partial charge in [-0.05, 0) is 36.4 Å². The largest absolute Gasteiger partial charge is 0.490 e. The highest BCUT2D eigenvalue weighted by Crippen LogP contribution is 2.34. The number of alkyl halides is 3. The first-order valence-electron chi connectivity index (χ1n) is 9.45. The molecule has 1 aliphatic heterocycles. The van der Waals surface area contributed by atoms with Crippen LogP contribution in [0.1, 0.15) is 16.1 Å². The Kier molecular flexibility index (Phi) is 5.93. The lowest BCUT2D eigenvalue weighted by atomic mass is 10.2. The van der Waals surface area contributed by atoms with Gasteiger partial charge >= 0.3 is 6.18 Å². The molecule has 0 aliphatic carbocycles. The molecule has 2 aromatic carbocycles. The lowest BCUT2D eigenvalue weighted by molar-refractivity contribution is -0.137. The first-order valence-corrected chi connectivity index (χ1v) is 11.3. The number of nitrogens with one attached hydrogen (secondary N) is 1. The SMILES string of the molecule is O=C(c1ncc(Cl)cc1NS(=O)(=O)c1cccc(C(F)(F)F)c1)N1CCOc2ccccc21. The lowest BCUT2D eigenvalue weighted by Gasteiger charge is -2.29. The maximum Gasteiger partial charge on any atom is 0.416 e. The van der Waals surface area contributed by atoms with Gasteiger partial charge in [-0.15, -0.1) is 0 Å². The number of para-hydroxylation sites is 2. The maximum atomic E-state index is 13.3. The van der Waals surface area contributed by atoms with Gasteiger partial charge in [0.25, 0.3) is 15.9 Å². The lowest BCUT2D eigenvalue weighted by Crippen LogP contribution is -2.38. The van der Waals surface area contributed by atoms with Crippen LogP contribution in [0.4, 0.5) is 24.5 Å². The third-order valence-electron chi connectivity index (χ3n) is 4.75. The molecule has 0 unspecified atom stereocenters. The molecule has 4 rings (SSSR count). The fourth-order valence-electron chi connectivity index (χ4n) is 3.24. The molecule has 0 saturated carbocycles. The number of benzene rings is 2. The van der Waals surface area contributed by atoms with E-state index in [9.17, 15) is 26.4 Å². The van der Waals surface area contributed by atoms with E-state index in [1.165, 1.54) is 17.2 Å². The van der Waals surface area contributed by atoms with Crippen molar-refractivity contribution in [2.75, 3.05) is 22.8 Å². The molecule has 1 aromatic heterocycles. The number of pyridine rings is 1. The molecule has 7 nitrogen and oxygen atoms in total. The van der Waals surface area contributed by atoms with Gasteiger partial charge in [0, 0.05) is 6.20 Å². The molecule has 2 heterocycles. The summed E-state index contributed by atoms with van der Waals surface area (Å²) < 4.78 is 72.5. The van der Waals surface area contributed by atoms with Crippen molar-refractivity contribution in [1.29, 1.82) is 0 Å². The van der Waals surface area contributed by atoms with E-state index in [1.807, 2.05) is 0 Å². The van der Waals surface area contributed by atoms with Crippen LogP contribution in [0.3, 0.4) is 0 Å². The number of hydrogen-bond donors (Lipinski definition) is 1. The number of carbonyl (C=O) groups is 1. The van der Waals surface area contributed by atoms with Crippen LogP contribution in [-0.2, 0) is 16.2 Å². The molecule has 0 fully saturated rings. The second-order valence-electron chi connectivity index (χ2n) is 6.95. The van der Waals surface area contributed by atoms with Gasteiger partial charge in [-0.2, -0.15) is 13.2 Å². The van der Waals surface area contributed by atoms with Crippen LogP contribution >= 0.6 is 11.6 Å². The molecule has 1 aliphatic rings. The molecule has 12 heteroatoms. The van der Waals surface area contributed by atoms with Crippen molar-refractivity contribution in [2.45, 2.75) is 11.1 Å². The smallest absolute Gasteiger partial charge is 0.416 e. The summed E-state index contributed by atoms with van der Waals surface area (Å²) in [6.45, 7) is 0.390. The zero-order chi connectivity index (χ0) is 23.8. The zero-order valence-electron chi connectivity index (χ0n) is 16.6. The van der Waals surface area contributed by atoms with E-state index in [1.54, 1.807) is 24.3 Å². The fraction of sp³-hybridized carbons (Fsp3) is 0.143. The van der Waals surface area contributed by atoms with E-state index in [-0.39, 0.29) is 29.6 Å². The minimum absolute atomic E-state index is 0.0238. The number of carbonyl (C=O) groups excluding carboxylic acids is 1. The number of ether oxygens (including phenoxy) is 1. The quantitative estimate of drug-likeness (QED) is 0.569. The number of amides is 1. The van der Waals surface area contributed by atoms with Crippen LogP contribution in [-0.4, -0.2) is 32.5 Å². The van der Waals surface area contributed by atoms with Crippen LogP contribution in [0, 0.1) is 0 Å². The summed E-state index contributed by atoms with van der Waals surface area (Å²) in [7, 11) is -4.50. The molecule has 172 valence electrons. The Morgan fingerprint density at radius 3 is 2.64 bits per heavy atom. The summed E-state index contributed by atoms with van der Waals surface area (Å²) in [5, 5.41) is 0.0238. The average Bonchev–Trinajstić information content (AvgIpc) is 2.78. The summed E-state index contributed by atoms with van der Waals surface area (Å²) >= 11 is 5.96. The van der Waals surface area contributed by atoms with Gasteiger partial charge < -0.3 is 9.64 Å². The van der Waals surface area contributed by atoms with Gasteiger partial charge in [-0.3, -0.25) is 9.52 Å². The van der Waals surface area contributed by atoms with Gasteiger partial charge in [-0.25, -0.2) is 13.4 Å². The number of halogens is 4. The fourth-order valence-corrected chi connectivity index (χ4v) is 4.50. The highest BCUT2D eigenvalue weighted by Gasteiger charge is 2.32. The first kappa shape index (κ1) is 22.9. The van der Waals surface area contributed by atoms with Crippen molar-refractivity contribution < 1.29 is 31.1 Å².